The van der Waals surface area contributed by atoms with Crippen molar-refractivity contribution in [2.75, 3.05) is 18.8 Å². The Labute approximate surface area is 95.8 Å². The number of carbonyl (C=O) groups is 1. The van der Waals surface area contributed by atoms with Gasteiger partial charge in [-0.2, -0.15) is 0 Å². The lowest BCUT2D eigenvalue weighted by Crippen LogP contribution is -2.37. The van der Waals surface area contributed by atoms with Crippen LogP contribution >= 0.6 is 0 Å². The first kappa shape index (κ1) is 11.0. The van der Waals surface area contributed by atoms with Crippen molar-refractivity contribution in [3.8, 4) is 0 Å². The fourth-order valence-corrected chi connectivity index (χ4v) is 2.05. The lowest BCUT2D eigenvalue weighted by molar-refractivity contribution is 0.0701. The highest BCUT2D eigenvalue weighted by Gasteiger charge is 2.23. The molecule has 1 saturated carbocycles. The summed E-state index contributed by atoms with van der Waals surface area (Å²) in [6.07, 6.45) is 5.49. The van der Waals surface area contributed by atoms with E-state index in [-0.39, 0.29) is 5.91 Å². The lowest BCUT2D eigenvalue weighted by Gasteiger charge is -2.31. The zero-order chi connectivity index (χ0) is 11.5. The van der Waals surface area contributed by atoms with Crippen LogP contribution in [0.1, 0.15) is 36.7 Å². The molecule has 1 aliphatic carbocycles. The molecule has 3 N–H and O–H groups in total. The summed E-state index contributed by atoms with van der Waals surface area (Å²) in [6.45, 7) is 3.66. The topological polar surface area (TPSA) is 62.1 Å². The Bertz CT molecular complexity index is 368. The number of rotatable bonds is 4. The summed E-state index contributed by atoms with van der Waals surface area (Å²) >= 11 is 0. The van der Waals surface area contributed by atoms with Gasteiger partial charge >= 0.3 is 0 Å². The summed E-state index contributed by atoms with van der Waals surface area (Å²) in [7, 11) is 0. The highest BCUT2D eigenvalue weighted by atomic mass is 16.2. The molecule has 0 bridgehead atoms. The van der Waals surface area contributed by atoms with E-state index < -0.39 is 0 Å². The van der Waals surface area contributed by atoms with Crippen molar-refractivity contribution in [2.24, 2.45) is 5.92 Å². The van der Waals surface area contributed by atoms with Gasteiger partial charge in [-0.1, -0.05) is 6.42 Å². The molecule has 4 heteroatoms. The first-order valence-electron chi connectivity index (χ1n) is 5.94. The average molecular weight is 221 g/mol. The van der Waals surface area contributed by atoms with Gasteiger partial charge in [0.05, 0.1) is 0 Å². The number of hydrogen-bond donors (Lipinski definition) is 2. The number of amides is 1. The van der Waals surface area contributed by atoms with Gasteiger partial charge in [-0.15, -0.1) is 0 Å². The van der Waals surface area contributed by atoms with E-state index in [9.17, 15) is 4.79 Å². The van der Waals surface area contributed by atoms with E-state index in [4.69, 9.17) is 5.73 Å². The number of nitrogens with two attached hydrogens (primary N) is 1. The van der Waals surface area contributed by atoms with E-state index in [2.05, 4.69) is 4.98 Å². The number of nitrogen functional groups attached to an aromatic ring is 1. The van der Waals surface area contributed by atoms with Crippen molar-refractivity contribution < 1.29 is 4.79 Å². The van der Waals surface area contributed by atoms with Crippen molar-refractivity contribution >= 4 is 11.6 Å². The van der Waals surface area contributed by atoms with E-state index in [1.165, 1.54) is 19.3 Å². The number of carbonyl (C=O) groups excluding carboxylic acids is 1. The summed E-state index contributed by atoms with van der Waals surface area (Å²) < 4.78 is 0. The predicted octanol–water partition coefficient (Wildman–Crippen LogP) is 1.86. The SMILES string of the molecule is CCN(CC1CCC1)C(=O)c1cc(N)c[nH]1. The van der Waals surface area contributed by atoms with Gasteiger partial charge in [-0.3, -0.25) is 4.79 Å². The van der Waals surface area contributed by atoms with Crippen LogP contribution in [0.2, 0.25) is 0 Å². The summed E-state index contributed by atoms with van der Waals surface area (Å²) in [5, 5.41) is 0. The smallest absolute Gasteiger partial charge is 0.270 e. The van der Waals surface area contributed by atoms with E-state index >= 15 is 0 Å². The maximum Gasteiger partial charge on any atom is 0.270 e. The molecule has 16 heavy (non-hydrogen) atoms. The first-order chi connectivity index (χ1) is 7.70. The standard InChI is InChI=1S/C12H19N3O/c1-2-15(8-9-4-3-5-9)12(16)11-6-10(13)7-14-11/h6-7,9,14H,2-5,8,13H2,1H3. The second kappa shape index (κ2) is 4.60. The predicted molar refractivity (Wildman–Crippen MR) is 64.1 cm³/mol. The number of nitrogens with one attached hydrogen (secondary N) is 1. The molecule has 1 aromatic heterocycles. The van der Waals surface area contributed by atoms with Crippen LogP contribution in [0.15, 0.2) is 12.3 Å². The third-order valence-electron chi connectivity index (χ3n) is 3.31. The van der Waals surface area contributed by atoms with Crippen LogP contribution in [0.5, 0.6) is 0 Å². The molecule has 1 heterocycles. The molecule has 0 saturated heterocycles. The van der Waals surface area contributed by atoms with Gasteiger partial charge in [-0.05, 0) is 31.7 Å². The van der Waals surface area contributed by atoms with Gasteiger partial charge in [-0.25, -0.2) is 0 Å². The fourth-order valence-electron chi connectivity index (χ4n) is 2.05. The second-order valence-corrected chi connectivity index (χ2v) is 4.49. The van der Waals surface area contributed by atoms with Crippen LogP contribution in [0.4, 0.5) is 5.69 Å². The third kappa shape index (κ3) is 2.21. The largest absolute Gasteiger partial charge is 0.397 e. The van der Waals surface area contributed by atoms with Crippen molar-refractivity contribution in [1.82, 2.24) is 9.88 Å². The Morgan fingerprint density at radius 2 is 2.38 bits per heavy atom. The minimum Gasteiger partial charge on any atom is -0.397 e. The van der Waals surface area contributed by atoms with Gasteiger partial charge in [0, 0.05) is 25.0 Å². The molecular formula is C12H19N3O. The fraction of sp³-hybridized carbons (Fsp3) is 0.583. The molecule has 0 unspecified atom stereocenters. The van der Waals surface area contributed by atoms with Gasteiger partial charge in [0.25, 0.3) is 5.91 Å². The highest BCUT2D eigenvalue weighted by Crippen LogP contribution is 2.27. The van der Waals surface area contributed by atoms with Crippen molar-refractivity contribution in [1.29, 1.82) is 0 Å². The molecule has 0 spiro atoms. The summed E-state index contributed by atoms with van der Waals surface area (Å²) in [6, 6.07) is 1.70. The van der Waals surface area contributed by atoms with E-state index in [1.54, 1.807) is 12.3 Å². The molecule has 2 rings (SSSR count). The Morgan fingerprint density at radius 1 is 1.62 bits per heavy atom. The van der Waals surface area contributed by atoms with Gasteiger partial charge < -0.3 is 15.6 Å². The number of nitrogens with zero attached hydrogens (tertiary/aromatic N) is 1. The molecule has 0 radical (unpaired) electrons. The molecule has 4 nitrogen and oxygen atoms in total. The summed E-state index contributed by atoms with van der Waals surface area (Å²) in [5.41, 5.74) is 6.80. The molecule has 1 amide bonds. The van der Waals surface area contributed by atoms with Crippen molar-refractivity contribution in [2.45, 2.75) is 26.2 Å². The van der Waals surface area contributed by atoms with Crippen LogP contribution in [-0.4, -0.2) is 28.9 Å². The van der Waals surface area contributed by atoms with Crippen molar-refractivity contribution in [3.63, 3.8) is 0 Å². The number of H-pyrrole nitrogens is 1. The van der Waals surface area contributed by atoms with Crippen molar-refractivity contribution in [3.05, 3.63) is 18.0 Å². The van der Waals surface area contributed by atoms with Gasteiger partial charge in [0.15, 0.2) is 0 Å². The summed E-state index contributed by atoms with van der Waals surface area (Å²) in [5.74, 6) is 0.766. The normalized spacial score (nSPS) is 15.8. The van der Waals surface area contributed by atoms with Gasteiger partial charge in [0.2, 0.25) is 0 Å². The molecule has 1 fully saturated rings. The molecule has 0 atom stereocenters. The van der Waals surface area contributed by atoms with E-state index in [0.717, 1.165) is 13.1 Å². The Morgan fingerprint density at radius 3 is 2.81 bits per heavy atom. The molecule has 0 aromatic carbocycles. The Balaban J connectivity index is 1.99. The minimum atomic E-state index is 0.0612. The van der Waals surface area contributed by atoms with E-state index in [1.807, 2.05) is 11.8 Å². The molecule has 88 valence electrons. The van der Waals surface area contributed by atoms with Crippen LogP contribution in [0.25, 0.3) is 0 Å². The van der Waals surface area contributed by atoms with Gasteiger partial charge in [0.1, 0.15) is 5.69 Å². The van der Waals surface area contributed by atoms with Crippen LogP contribution in [0.3, 0.4) is 0 Å². The zero-order valence-corrected chi connectivity index (χ0v) is 9.70. The zero-order valence-electron chi connectivity index (χ0n) is 9.70. The molecule has 0 aliphatic heterocycles. The maximum absolute atomic E-state index is 12.1. The van der Waals surface area contributed by atoms with E-state index in [0.29, 0.717) is 17.3 Å². The quantitative estimate of drug-likeness (QED) is 0.815. The number of aromatic nitrogens is 1. The molecular weight excluding hydrogens is 202 g/mol. The Hall–Kier alpha value is -1.45. The number of aromatic amines is 1. The van der Waals surface area contributed by atoms with Crippen LogP contribution in [0, 0.1) is 5.92 Å². The monoisotopic (exact) mass is 221 g/mol. The highest BCUT2D eigenvalue weighted by molar-refractivity contribution is 5.93. The molecule has 1 aliphatic rings. The number of anilines is 1. The summed E-state index contributed by atoms with van der Waals surface area (Å²) in [4.78, 5) is 16.9. The van der Waals surface area contributed by atoms with Crippen LogP contribution < -0.4 is 5.73 Å². The third-order valence-corrected chi connectivity index (χ3v) is 3.31. The maximum atomic E-state index is 12.1. The number of hydrogen-bond acceptors (Lipinski definition) is 2. The lowest BCUT2D eigenvalue weighted by atomic mass is 9.85. The second-order valence-electron chi connectivity index (χ2n) is 4.49. The Kier molecular flexibility index (Phi) is 3.17. The average Bonchev–Trinajstić information content (AvgIpc) is 2.63. The van der Waals surface area contributed by atoms with Crippen LogP contribution in [-0.2, 0) is 0 Å². The minimum absolute atomic E-state index is 0.0612. The first-order valence-corrected chi connectivity index (χ1v) is 5.94. The molecule has 1 aromatic rings.